The van der Waals surface area contributed by atoms with E-state index in [1.807, 2.05) is 0 Å². The molecule has 57 heavy (non-hydrogen) atoms. The van der Waals surface area contributed by atoms with Crippen molar-refractivity contribution in [2.45, 2.75) is 146 Å². The number of ether oxygens (including phenoxy) is 2. The Hall–Kier alpha value is -3.64. The molecule has 0 amide bonds. The van der Waals surface area contributed by atoms with Crippen LogP contribution in [-0.4, -0.2) is 103 Å². The van der Waals surface area contributed by atoms with E-state index < -0.39 is 83.5 Å². The summed E-state index contributed by atoms with van der Waals surface area (Å²) in [7, 11) is -10.8. The number of phosphoric acid groups is 2. The van der Waals surface area contributed by atoms with Crippen molar-refractivity contribution >= 4 is 27.6 Å². The fraction of sp³-hybridized carbons (Fsp3) is 0.641. The first-order valence-corrected chi connectivity index (χ1v) is 21.5. The van der Waals surface area contributed by atoms with Crippen molar-refractivity contribution in [3.05, 3.63) is 0 Å². The lowest BCUT2D eigenvalue weighted by molar-refractivity contribution is -0.216. The van der Waals surface area contributed by atoms with Gasteiger partial charge in [-0.05, 0) is 72.5 Å². The molecule has 0 bridgehead atoms. The molecule has 1 rings (SSSR count). The van der Waals surface area contributed by atoms with Gasteiger partial charge in [-0.15, -0.1) is 0 Å². The van der Waals surface area contributed by atoms with Crippen LogP contribution in [0.15, 0.2) is 0 Å². The molecule has 16 nitrogen and oxygen atoms in total. The monoisotopic (exact) mass is 838 g/mol. The van der Waals surface area contributed by atoms with E-state index in [-0.39, 0.29) is 6.42 Å². The number of rotatable bonds is 24. The summed E-state index contributed by atoms with van der Waals surface area (Å²) < 4.78 is 48.4. The van der Waals surface area contributed by atoms with Gasteiger partial charge in [0.15, 0.2) is 6.10 Å². The lowest BCUT2D eigenvalue weighted by Gasteiger charge is -2.43. The highest BCUT2D eigenvalue weighted by Gasteiger charge is 2.54. The second-order valence-electron chi connectivity index (χ2n) is 12.7. The predicted molar refractivity (Wildman–Crippen MR) is 205 cm³/mol. The van der Waals surface area contributed by atoms with Crippen LogP contribution >= 0.6 is 15.6 Å². The quantitative estimate of drug-likeness (QED) is 0.0242. The van der Waals surface area contributed by atoms with Crippen LogP contribution in [0.25, 0.3) is 0 Å². The summed E-state index contributed by atoms with van der Waals surface area (Å²) in [5.74, 6) is 26.6. The topological polar surface area (TPSA) is 256 Å². The molecule has 1 aliphatic rings. The summed E-state index contributed by atoms with van der Waals surface area (Å²) in [5.41, 5.74) is 0. The van der Waals surface area contributed by atoms with Crippen LogP contribution in [0.5, 0.6) is 0 Å². The molecule has 1 aliphatic carbocycles. The summed E-state index contributed by atoms with van der Waals surface area (Å²) in [6.45, 7) is 2.15. The number of hydrogen-bond donors (Lipinski definition) is 7. The molecule has 8 atom stereocenters. The van der Waals surface area contributed by atoms with Gasteiger partial charge in [0, 0.05) is 12.3 Å². The Morgan fingerprint density at radius 2 is 1.05 bits per heavy atom. The second-order valence-corrected chi connectivity index (χ2v) is 15.3. The van der Waals surface area contributed by atoms with Crippen molar-refractivity contribution in [2.24, 2.45) is 0 Å². The zero-order valence-corrected chi connectivity index (χ0v) is 33.8. The number of carbonyl (C=O) groups excluding carboxylic acids is 2. The lowest BCUT2D eigenvalue weighted by Crippen LogP contribution is -2.64. The minimum atomic E-state index is -5.39. The first-order valence-electron chi connectivity index (χ1n) is 18.5. The number of phosphoric ester groups is 2. The minimum Gasteiger partial charge on any atom is -0.456 e. The maximum Gasteiger partial charge on any atom is 0.472 e. The van der Waals surface area contributed by atoms with Gasteiger partial charge in [-0.3, -0.25) is 18.4 Å². The van der Waals surface area contributed by atoms with Crippen LogP contribution in [0.2, 0.25) is 0 Å². The first kappa shape index (κ1) is 51.4. The van der Waals surface area contributed by atoms with Crippen molar-refractivity contribution < 1.29 is 76.9 Å². The molecule has 0 saturated heterocycles. The molecule has 0 aromatic rings. The molecule has 0 radical (unpaired) electrons. The van der Waals surface area contributed by atoms with Gasteiger partial charge >= 0.3 is 27.6 Å². The zero-order valence-electron chi connectivity index (χ0n) is 32.1. The van der Waals surface area contributed by atoms with Crippen LogP contribution in [-0.2, 0) is 41.8 Å². The average Bonchev–Trinajstić information content (AvgIpc) is 3.16. The third-order valence-corrected chi connectivity index (χ3v) is 9.52. The maximum absolute atomic E-state index is 12.9. The Morgan fingerprint density at radius 3 is 1.54 bits per heavy atom. The van der Waals surface area contributed by atoms with E-state index in [2.05, 4.69) is 82.5 Å². The molecule has 18 heteroatoms. The molecule has 1 fully saturated rings. The molecule has 0 aliphatic heterocycles. The largest absolute Gasteiger partial charge is 0.472 e. The Balaban J connectivity index is 2.83. The number of unbranched alkanes of at least 4 members (excludes halogenated alkanes) is 12. The summed E-state index contributed by atoms with van der Waals surface area (Å²) in [4.78, 5) is 53.5. The highest BCUT2D eigenvalue weighted by molar-refractivity contribution is 7.47. The van der Waals surface area contributed by atoms with Gasteiger partial charge in [-0.2, -0.15) is 0 Å². The standard InChI is InChI=1S/C39H52O16P2/c1-3-5-7-9-11-13-15-16-18-20-22-24-26-28-33(41)53-31(29-51-32(40)27-25-23-21-19-17-14-12-10-8-6-4-2)30-52-57(49,50)55-39-36(44)34(42)35(43)38(37(39)45)54-56(46,47)48/h31,34-39,42-45H,3,5,7,9,11,13,15-16,18,20,22,24,26,28-30H2,1-2H3,(H,49,50)(H2,46,47,48)/t31-,34-,35+,36?,37+,38?,39?/m1/s1. The second kappa shape index (κ2) is 29.6. The van der Waals surface area contributed by atoms with E-state index in [1.54, 1.807) is 6.92 Å². The maximum atomic E-state index is 12.9. The molecule has 4 unspecified atom stereocenters. The molecular formula is C39H52O16P2. The van der Waals surface area contributed by atoms with Crippen LogP contribution in [0, 0.1) is 71.0 Å². The van der Waals surface area contributed by atoms with Gasteiger partial charge in [0.2, 0.25) is 0 Å². The van der Waals surface area contributed by atoms with Crippen molar-refractivity contribution in [1.82, 2.24) is 0 Å². The molecule has 1 saturated carbocycles. The molecule has 314 valence electrons. The van der Waals surface area contributed by atoms with Crippen LogP contribution < -0.4 is 0 Å². The number of carbonyl (C=O) groups is 2. The van der Waals surface area contributed by atoms with Crippen LogP contribution in [0.1, 0.15) is 104 Å². The van der Waals surface area contributed by atoms with Crippen molar-refractivity contribution in [2.75, 3.05) is 13.2 Å². The molecule has 0 aromatic heterocycles. The van der Waals surface area contributed by atoms with Gasteiger partial charge in [-0.25, -0.2) is 13.9 Å². The van der Waals surface area contributed by atoms with Gasteiger partial charge in [0.25, 0.3) is 0 Å². The van der Waals surface area contributed by atoms with E-state index in [0.29, 0.717) is 6.42 Å². The fourth-order valence-corrected chi connectivity index (χ4v) is 6.74. The van der Waals surface area contributed by atoms with Crippen molar-refractivity contribution in [1.29, 1.82) is 0 Å². The summed E-state index contributed by atoms with van der Waals surface area (Å²) in [5, 5.41) is 40.9. The van der Waals surface area contributed by atoms with Gasteiger partial charge in [0.1, 0.15) is 43.2 Å². The van der Waals surface area contributed by atoms with E-state index in [4.69, 9.17) is 28.3 Å². The first-order chi connectivity index (χ1) is 27.1. The minimum absolute atomic E-state index is 0.0304. The summed E-state index contributed by atoms with van der Waals surface area (Å²) in [6, 6.07) is 0. The average molecular weight is 839 g/mol. The molecule has 7 N–H and O–H groups in total. The molecule has 0 aromatic carbocycles. The highest BCUT2D eigenvalue weighted by Crippen LogP contribution is 2.49. The Kier molecular flexibility index (Phi) is 26.6. The number of hydrogen-bond acceptors (Lipinski definition) is 13. The van der Waals surface area contributed by atoms with Crippen molar-refractivity contribution in [3.63, 3.8) is 0 Å². The Labute approximate surface area is 334 Å². The van der Waals surface area contributed by atoms with Crippen molar-refractivity contribution in [3.8, 4) is 71.0 Å². The smallest absolute Gasteiger partial charge is 0.456 e. The Morgan fingerprint density at radius 1 is 0.596 bits per heavy atom. The predicted octanol–water partition coefficient (Wildman–Crippen LogP) is 2.40. The third-order valence-electron chi connectivity index (χ3n) is 8.02. The summed E-state index contributed by atoms with van der Waals surface area (Å²) in [6.07, 6.45) is -1.05. The third kappa shape index (κ3) is 24.7. The Bertz CT molecular complexity index is 1740. The van der Waals surface area contributed by atoms with E-state index in [1.165, 1.54) is 44.9 Å². The highest BCUT2D eigenvalue weighted by atomic mass is 31.2. The number of aliphatic hydroxyl groups excluding tert-OH is 4. The zero-order chi connectivity index (χ0) is 42.5. The van der Waals surface area contributed by atoms with E-state index >= 15 is 0 Å². The van der Waals surface area contributed by atoms with E-state index in [9.17, 15) is 44.0 Å². The molecular weight excluding hydrogens is 786 g/mol. The van der Waals surface area contributed by atoms with E-state index in [0.717, 1.165) is 32.1 Å². The fourth-order valence-electron chi connectivity index (χ4n) is 5.20. The van der Waals surface area contributed by atoms with Crippen LogP contribution in [0.4, 0.5) is 0 Å². The lowest BCUT2D eigenvalue weighted by atomic mass is 9.85. The van der Waals surface area contributed by atoms with Crippen LogP contribution in [0.3, 0.4) is 0 Å². The number of esters is 2. The molecule has 0 heterocycles. The summed E-state index contributed by atoms with van der Waals surface area (Å²) >= 11 is 0. The SMILES string of the molecule is CC#CC#CC#CC#CC#CC#CC(=O)OC[C@H](COP(=O)(O)OC1C(O)[C@H](O)[C@H](O)C(OP(=O)(O)O)[C@@H]1O)OC(=O)CCCCCCCCCCCCCCC. The van der Waals surface area contributed by atoms with Gasteiger partial charge in [0.05, 0.1) is 6.61 Å². The van der Waals surface area contributed by atoms with Gasteiger partial charge < -0.3 is 44.6 Å². The van der Waals surface area contributed by atoms with Gasteiger partial charge in [-0.1, -0.05) is 89.9 Å². The normalized spacial score (nSPS) is 21.2. The molecule has 0 spiro atoms. The number of aliphatic hydroxyl groups is 4.